The zero-order valence-corrected chi connectivity index (χ0v) is 26.0. The van der Waals surface area contributed by atoms with Crippen LogP contribution in [0.4, 0.5) is 0 Å². The number of amides is 3. The van der Waals surface area contributed by atoms with E-state index in [-0.39, 0.29) is 44.0 Å². The van der Waals surface area contributed by atoms with E-state index in [1.54, 1.807) is 42.3 Å². The topological polar surface area (TPSA) is 122 Å². The molecule has 3 aliphatic heterocycles. The van der Waals surface area contributed by atoms with Gasteiger partial charge in [0.15, 0.2) is 18.1 Å². The Kier molecular flexibility index (Phi) is 7.99. The summed E-state index contributed by atoms with van der Waals surface area (Å²) in [7, 11) is 1.54. The number of hydrogen-bond donors (Lipinski definition) is 3. The molecule has 5 aromatic rings. The number of benzene rings is 4. The number of ether oxygens (including phenoxy) is 3. The Morgan fingerprint density at radius 3 is 2.70 bits per heavy atom. The van der Waals surface area contributed by atoms with Crippen molar-refractivity contribution < 1.29 is 28.6 Å². The van der Waals surface area contributed by atoms with Crippen molar-refractivity contribution >= 4 is 28.6 Å². The molecule has 0 aliphatic carbocycles. The highest BCUT2D eigenvalue weighted by molar-refractivity contribution is 5.99. The fraction of sp³-hybridized carbons (Fsp3) is 0.216. The molecule has 1 aromatic heterocycles. The molecular weight excluding hydrogens is 596 g/mol. The number of aryl methyl sites for hydroxylation is 1. The minimum absolute atomic E-state index is 0.151. The highest BCUT2D eigenvalue weighted by Gasteiger charge is 2.39. The number of carbonyl (C=O) groups is 3. The van der Waals surface area contributed by atoms with E-state index in [1.807, 2.05) is 67.7 Å². The van der Waals surface area contributed by atoms with Gasteiger partial charge in [0.2, 0.25) is 0 Å². The molecule has 1 saturated heterocycles. The van der Waals surface area contributed by atoms with E-state index >= 15 is 0 Å². The fourth-order valence-electron chi connectivity index (χ4n) is 6.13. The van der Waals surface area contributed by atoms with E-state index in [4.69, 9.17) is 14.2 Å². The Bertz CT molecular complexity index is 2000. The molecule has 238 valence electrons. The highest BCUT2D eigenvalue weighted by atomic mass is 16.5. The molecule has 3 aliphatic rings. The molecule has 1 fully saturated rings. The minimum atomic E-state index is -0.567. The normalized spacial score (nSPS) is 18.0. The van der Waals surface area contributed by atoms with E-state index in [0.717, 1.165) is 33.2 Å². The van der Waals surface area contributed by atoms with Crippen LogP contribution in [-0.4, -0.2) is 66.6 Å². The SMILES string of the molecule is COc1cc2ccc1O[C@H]1CN(C(=O)c3ccc4[nH]ccc4c3)C[C@@H]1NC(=O)c1ccc(C)c(c1)-c1cccc(c1)OCC(=O)NC2. The first-order valence-corrected chi connectivity index (χ1v) is 15.5. The van der Waals surface area contributed by atoms with Gasteiger partial charge in [0, 0.05) is 41.3 Å². The van der Waals surface area contributed by atoms with Crippen LogP contribution in [-0.2, 0) is 11.3 Å². The van der Waals surface area contributed by atoms with Gasteiger partial charge >= 0.3 is 0 Å². The van der Waals surface area contributed by atoms with Crippen molar-refractivity contribution in [2.45, 2.75) is 25.6 Å². The summed E-state index contributed by atoms with van der Waals surface area (Å²) < 4.78 is 18.0. The van der Waals surface area contributed by atoms with Gasteiger partial charge in [0.25, 0.3) is 17.7 Å². The van der Waals surface area contributed by atoms with Crippen LogP contribution in [0.2, 0.25) is 0 Å². The lowest BCUT2D eigenvalue weighted by molar-refractivity contribution is -0.123. The molecule has 0 spiro atoms. The average Bonchev–Trinajstić information content (AvgIpc) is 3.73. The van der Waals surface area contributed by atoms with Gasteiger partial charge in [0.05, 0.1) is 19.7 Å². The maximum absolute atomic E-state index is 13.8. The van der Waals surface area contributed by atoms with Crippen molar-refractivity contribution in [2.75, 3.05) is 26.8 Å². The molecular formula is C37H34N4O6. The third kappa shape index (κ3) is 6.22. The van der Waals surface area contributed by atoms with Gasteiger partial charge in [0.1, 0.15) is 11.9 Å². The lowest BCUT2D eigenvalue weighted by Crippen LogP contribution is -2.45. The predicted molar refractivity (Wildman–Crippen MR) is 177 cm³/mol. The van der Waals surface area contributed by atoms with Crippen molar-refractivity contribution in [1.82, 2.24) is 20.5 Å². The minimum Gasteiger partial charge on any atom is -0.493 e. The van der Waals surface area contributed by atoms with Crippen LogP contribution < -0.4 is 24.8 Å². The summed E-state index contributed by atoms with van der Waals surface area (Å²) in [6.07, 6.45) is 1.27. The summed E-state index contributed by atoms with van der Waals surface area (Å²) in [5.41, 5.74) is 5.47. The summed E-state index contributed by atoms with van der Waals surface area (Å²) in [5.74, 6) is 0.765. The molecule has 0 radical (unpaired) electrons. The van der Waals surface area contributed by atoms with Gasteiger partial charge in [-0.05, 0) is 89.8 Å². The second-order valence-corrected chi connectivity index (χ2v) is 11.8. The predicted octanol–water partition coefficient (Wildman–Crippen LogP) is 4.86. The number of likely N-dealkylation sites (tertiary alicyclic amines) is 1. The Balaban J connectivity index is 1.24. The molecule has 0 saturated carbocycles. The Hall–Kier alpha value is -5.77. The molecule has 10 heteroatoms. The largest absolute Gasteiger partial charge is 0.493 e. The number of aromatic amines is 1. The fourth-order valence-corrected chi connectivity index (χ4v) is 6.13. The van der Waals surface area contributed by atoms with Crippen LogP contribution >= 0.6 is 0 Å². The zero-order chi connectivity index (χ0) is 32.5. The summed E-state index contributed by atoms with van der Waals surface area (Å²) in [6, 6.07) is 25.3. The Morgan fingerprint density at radius 1 is 0.936 bits per heavy atom. The first-order valence-electron chi connectivity index (χ1n) is 15.5. The molecule has 10 nitrogen and oxygen atoms in total. The molecule has 8 rings (SSSR count). The van der Waals surface area contributed by atoms with Crippen LogP contribution in [0.25, 0.3) is 22.0 Å². The number of carbonyl (C=O) groups excluding carboxylic acids is 3. The number of methoxy groups -OCH3 is 1. The summed E-state index contributed by atoms with van der Waals surface area (Å²) in [4.78, 5) is 45.1. The monoisotopic (exact) mass is 630 g/mol. The lowest BCUT2D eigenvalue weighted by atomic mass is 9.97. The molecule has 6 bridgehead atoms. The van der Waals surface area contributed by atoms with Gasteiger partial charge in [-0.2, -0.15) is 0 Å². The smallest absolute Gasteiger partial charge is 0.258 e. The lowest BCUT2D eigenvalue weighted by Gasteiger charge is -2.23. The number of hydrogen-bond acceptors (Lipinski definition) is 6. The van der Waals surface area contributed by atoms with E-state index in [0.29, 0.717) is 28.4 Å². The number of nitrogens with zero attached hydrogens (tertiary/aromatic N) is 1. The van der Waals surface area contributed by atoms with Crippen molar-refractivity contribution in [2.24, 2.45) is 0 Å². The molecule has 0 unspecified atom stereocenters. The Labute approximate surface area is 271 Å². The van der Waals surface area contributed by atoms with Crippen LogP contribution in [0.5, 0.6) is 17.2 Å². The number of H-pyrrole nitrogens is 1. The highest BCUT2D eigenvalue weighted by Crippen LogP contribution is 2.32. The summed E-state index contributed by atoms with van der Waals surface area (Å²) in [6.45, 7) is 2.60. The van der Waals surface area contributed by atoms with E-state index in [1.165, 1.54) is 0 Å². The van der Waals surface area contributed by atoms with Gasteiger partial charge in [-0.1, -0.05) is 24.3 Å². The van der Waals surface area contributed by atoms with E-state index in [2.05, 4.69) is 15.6 Å². The second-order valence-electron chi connectivity index (χ2n) is 11.8. The van der Waals surface area contributed by atoms with E-state index < -0.39 is 12.1 Å². The third-order valence-corrected chi connectivity index (χ3v) is 8.68. The number of rotatable bonds is 2. The average molecular weight is 631 g/mol. The molecule has 4 heterocycles. The van der Waals surface area contributed by atoms with Crippen LogP contribution in [0.3, 0.4) is 0 Å². The third-order valence-electron chi connectivity index (χ3n) is 8.68. The molecule has 3 N–H and O–H groups in total. The maximum atomic E-state index is 13.8. The van der Waals surface area contributed by atoms with Gasteiger partial charge in [-0.3, -0.25) is 14.4 Å². The van der Waals surface area contributed by atoms with Gasteiger partial charge < -0.3 is 34.7 Å². The zero-order valence-electron chi connectivity index (χ0n) is 26.0. The summed E-state index contributed by atoms with van der Waals surface area (Å²) >= 11 is 0. The molecule has 2 atom stereocenters. The molecule has 4 aromatic carbocycles. The standard InChI is InChI=1S/C37H34N4O6/c1-22-6-8-26-17-29(22)24-4-3-5-28(16-24)46-21-35(42)39-18-23-7-11-32(33(14-23)45-2)47-34-20-41(19-31(34)40-36(26)43)37(44)27-9-10-30-25(15-27)12-13-38-30/h3-17,31,34,38H,18-21H2,1-2H3,(H,39,42)(H,40,43)/t31-,34-/m0/s1. The van der Waals surface area contributed by atoms with Crippen LogP contribution in [0.15, 0.2) is 91.1 Å². The van der Waals surface area contributed by atoms with E-state index in [9.17, 15) is 14.4 Å². The van der Waals surface area contributed by atoms with Crippen molar-refractivity contribution in [1.29, 1.82) is 0 Å². The molecule has 3 amide bonds. The van der Waals surface area contributed by atoms with Gasteiger partial charge in [-0.15, -0.1) is 0 Å². The van der Waals surface area contributed by atoms with Crippen LogP contribution in [0.1, 0.15) is 31.8 Å². The van der Waals surface area contributed by atoms with Crippen molar-refractivity contribution in [3.63, 3.8) is 0 Å². The second kappa shape index (κ2) is 12.6. The number of nitrogens with one attached hydrogen (secondary N) is 3. The number of aromatic nitrogens is 1. The first-order chi connectivity index (χ1) is 22.8. The maximum Gasteiger partial charge on any atom is 0.258 e. The Morgan fingerprint density at radius 2 is 1.83 bits per heavy atom. The van der Waals surface area contributed by atoms with Crippen molar-refractivity contribution in [3.05, 3.63) is 113 Å². The summed E-state index contributed by atoms with van der Waals surface area (Å²) in [5, 5.41) is 6.98. The first kappa shape index (κ1) is 29.9. The number of fused-ring (bicyclic) bond motifs is 8. The van der Waals surface area contributed by atoms with Crippen molar-refractivity contribution in [3.8, 4) is 28.4 Å². The molecule has 47 heavy (non-hydrogen) atoms. The van der Waals surface area contributed by atoms with Crippen LogP contribution in [0, 0.1) is 6.92 Å². The van der Waals surface area contributed by atoms with Gasteiger partial charge in [-0.25, -0.2) is 0 Å². The quantitative estimate of drug-likeness (QED) is 0.256.